The molecular weight excluding hydrogens is 374 g/mol. The van der Waals surface area contributed by atoms with E-state index in [1.54, 1.807) is 0 Å². The molecule has 0 aromatic heterocycles. The molecule has 4 N–H and O–H groups in total. The summed E-state index contributed by atoms with van der Waals surface area (Å²) in [5, 5.41) is 6.22. The smallest absolute Gasteiger partial charge is 0.221 e. The molecule has 0 unspecified atom stereocenters. The Morgan fingerprint density at radius 2 is 1.17 bits per heavy atom. The Kier molecular flexibility index (Phi) is 25.8. The van der Waals surface area contributed by atoms with Crippen LogP contribution in [0.15, 0.2) is 0 Å². The molecule has 0 spiro atoms. The number of unbranched alkanes of at least 4 members (excludes halogenated alkanes) is 15. The Morgan fingerprint density at radius 3 is 1.67 bits per heavy atom. The van der Waals surface area contributed by atoms with Gasteiger partial charge in [-0.1, -0.05) is 103 Å². The molecule has 0 atom stereocenters. The Balaban J connectivity index is 3.08. The van der Waals surface area contributed by atoms with Gasteiger partial charge >= 0.3 is 0 Å². The predicted molar refractivity (Wildman–Crippen MR) is 130 cm³/mol. The number of nitrogens with one attached hydrogen (secondary N) is 2. The molecule has 5 heteroatoms. The van der Waals surface area contributed by atoms with Crippen molar-refractivity contribution < 1.29 is 9.53 Å². The third kappa shape index (κ3) is 25.4. The second kappa shape index (κ2) is 26.4. The highest BCUT2D eigenvalue weighted by Gasteiger charge is 2.00. The van der Waals surface area contributed by atoms with Gasteiger partial charge in [0.15, 0.2) is 0 Å². The van der Waals surface area contributed by atoms with Gasteiger partial charge in [-0.05, 0) is 13.0 Å². The lowest BCUT2D eigenvalue weighted by molar-refractivity contribution is -0.121. The van der Waals surface area contributed by atoms with E-state index in [-0.39, 0.29) is 5.91 Å². The van der Waals surface area contributed by atoms with E-state index in [0.29, 0.717) is 32.7 Å². The van der Waals surface area contributed by atoms with Crippen LogP contribution in [-0.4, -0.2) is 45.3 Å². The maximum Gasteiger partial charge on any atom is 0.221 e. The number of amides is 1. The van der Waals surface area contributed by atoms with Crippen molar-refractivity contribution >= 4 is 5.91 Å². The minimum absolute atomic E-state index is 0.0887. The maximum absolute atomic E-state index is 11.6. The van der Waals surface area contributed by atoms with Crippen LogP contribution in [0.4, 0.5) is 0 Å². The number of hydrogen-bond acceptors (Lipinski definition) is 4. The monoisotopic (exact) mass is 427 g/mol. The zero-order valence-corrected chi connectivity index (χ0v) is 20.2. The Hall–Kier alpha value is -0.650. The lowest BCUT2D eigenvalue weighted by atomic mass is 10.0. The largest absolute Gasteiger partial charge is 0.378 e. The first kappa shape index (κ1) is 29.4. The van der Waals surface area contributed by atoms with Crippen LogP contribution in [0.5, 0.6) is 0 Å². The topological polar surface area (TPSA) is 76.4 Å². The molecule has 0 aromatic rings. The van der Waals surface area contributed by atoms with Gasteiger partial charge in [-0.3, -0.25) is 4.79 Å². The Morgan fingerprint density at radius 1 is 0.667 bits per heavy atom. The van der Waals surface area contributed by atoms with E-state index in [9.17, 15) is 4.79 Å². The van der Waals surface area contributed by atoms with E-state index in [4.69, 9.17) is 10.5 Å². The molecule has 0 rings (SSSR count). The van der Waals surface area contributed by atoms with Crippen LogP contribution in [0.1, 0.15) is 116 Å². The summed E-state index contributed by atoms with van der Waals surface area (Å²) in [6.45, 7) is 6.24. The molecule has 0 bridgehead atoms. The van der Waals surface area contributed by atoms with Gasteiger partial charge in [0.25, 0.3) is 0 Å². The molecule has 1 amide bonds. The second-order valence-electron chi connectivity index (χ2n) is 8.55. The number of carbonyl (C=O) groups is 1. The number of ether oxygens (including phenoxy) is 1. The lowest BCUT2D eigenvalue weighted by Gasteiger charge is -2.07. The van der Waals surface area contributed by atoms with Gasteiger partial charge in [0.05, 0.1) is 13.2 Å². The normalized spacial score (nSPS) is 11.1. The van der Waals surface area contributed by atoms with Crippen molar-refractivity contribution in [1.82, 2.24) is 10.6 Å². The van der Waals surface area contributed by atoms with Crippen LogP contribution in [0.25, 0.3) is 0 Å². The molecular formula is C25H53N3O2. The molecule has 0 aromatic carbocycles. The summed E-state index contributed by atoms with van der Waals surface area (Å²) in [4.78, 5) is 11.6. The van der Waals surface area contributed by atoms with Crippen LogP contribution >= 0.6 is 0 Å². The Bertz CT molecular complexity index is 340. The first-order chi connectivity index (χ1) is 14.8. The number of carbonyl (C=O) groups excluding carboxylic acids is 1. The lowest BCUT2D eigenvalue weighted by Crippen LogP contribution is -2.30. The van der Waals surface area contributed by atoms with Crippen molar-refractivity contribution in [2.75, 3.05) is 39.4 Å². The fourth-order valence-electron chi connectivity index (χ4n) is 3.66. The van der Waals surface area contributed by atoms with Crippen molar-refractivity contribution in [2.45, 2.75) is 116 Å². The summed E-state index contributed by atoms with van der Waals surface area (Å²) in [7, 11) is 0. The van der Waals surface area contributed by atoms with Gasteiger partial charge in [0.2, 0.25) is 5.91 Å². The van der Waals surface area contributed by atoms with Gasteiger partial charge in [0.1, 0.15) is 0 Å². The maximum atomic E-state index is 11.6. The van der Waals surface area contributed by atoms with Gasteiger partial charge < -0.3 is 21.1 Å². The third-order valence-corrected chi connectivity index (χ3v) is 5.57. The highest BCUT2D eigenvalue weighted by Crippen LogP contribution is 2.13. The fraction of sp³-hybridized carbons (Fsp3) is 0.960. The summed E-state index contributed by atoms with van der Waals surface area (Å²) in [6, 6.07) is 0. The summed E-state index contributed by atoms with van der Waals surface area (Å²) in [5.74, 6) is 0.0887. The molecule has 0 saturated heterocycles. The van der Waals surface area contributed by atoms with Crippen LogP contribution in [-0.2, 0) is 9.53 Å². The summed E-state index contributed by atoms with van der Waals surface area (Å²) in [5.41, 5.74) is 5.33. The average molecular weight is 428 g/mol. The van der Waals surface area contributed by atoms with Gasteiger partial charge in [-0.2, -0.15) is 0 Å². The van der Waals surface area contributed by atoms with E-state index in [1.165, 1.54) is 103 Å². The standard InChI is InChI=1S/C25H53N3O2/c1-2-3-4-5-6-7-8-9-10-11-12-13-14-15-16-17-20-27-21-18-25(29)28-22-24-30-23-19-26/h27H,2-24,26H2,1H3,(H,28,29). The molecule has 5 nitrogen and oxygen atoms in total. The van der Waals surface area contributed by atoms with E-state index in [0.717, 1.165) is 13.1 Å². The molecule has 0 aliphatic heterocycles. The SMILES string of the molecule is CCCCCCCCCCCCCCCCCCNCCC(=O)NCCOCCN. The third-order valence-electron chi connectivity index (χ3n) is 5.57. The molecule has 30 heavy (non-hydrogen) atoms. The molecule has 0 fully saturated rings. The van der Waals surface area contributed by atoms with Crippen LogP contribution in [0.2, 0.25) is 0 Å². The molecule has 0 aliphatic carbocycles. The molecule has 0 heterocycles. The van der Waals surface area contributed by atoms with E-state index in [2.05, 4.69) is 17.6 Å². The molecule has 0 radical (unpaired) electrons. The minimum Gasteiger partial charge on any atom is -0.378 e. The highest BCUT2D eigenvalue weighted by atomic mass is 16.5. The Labute approximate surface area is 187 Å². The van der Waals surface area contributed by atoms with Gasteiger partial charge in [0, 0.05) is 26.1 Å². The van der Waals surface area contributed by atoms with Gasteiger partial charge in [-0.25, -0.2) is 0 Å². The number of rotatable bonds is 25. The quantitative estimate of drug-likeness (QED) is 0.172. The van der Waals surface area contributed by atoms with Crippen LogP contribution < -0.4 is 16.4 Å². The van der Waals surface area contributed by atoms with Crippen molar-refractivity contribution in [3.8, 4) is 0 Å². The van der Waals surface area contributed by atoms with E-state index in [1.807, 2.05) is 0 Å². The highest BCUT2D eigenvalue weighted by molar-refractivity contribution is 5.75. The molecule has 0 aliphatic rings. The van der Waals surface area contributed by atoms with Crippen molar-refractivity contribution in [3.63, 3.8) is 0 Å². The predicted octanol–water partition coefficient (Wildman–Crippen LogP) is 5.32. The van der Waals surface area contributed by atoms with Crippen molar-refractivity contribution in [3.05, 3.63) is 0 Å². The second-order valence-corrected chi connectivity index (χ2v) is 8.55. The van der Waals surface area contributed by atoms with Crippen LogP contribution in [0.3, 0.4) is 0 Å². The average Bonchev–Trinajstić information content (AvgIpc) is 2.75. The fourth-order valence-corrected chi connectivity index (χ4v) is 3.66. The molecule has 180 valence electrons. The summed E-state index contributed by atoms with van der Waals surface area (Å²) in [6.07, 6.45) is 22.9. The zero-order valence-electron chi connectivity index (χ0n) is 20.2. The minimum atomic E-state index is 0.0887. The number of hydrogen-bond donors (Lipinski definition) is 3. The zero-order chi connectivity index (χ0) is 22.0. The number of nitrogens with two attached hydrogens (primary N) is 1. The van der Waals surface area contributed by atoms with Crippen LogP contribution in [0, 0.1) is 0 Å². The summed E-state index contributed by atoms with van der Waals surface area (Å²) < 4.78 is 5.22. The summed E-state index contributed by atoms with van der Waals surface area (Å²) >= 11 is 0. The van der Waals surface area contributed by atoms with Gasteiger partial charge in [-0.15, -0.1) is 0 Å². The van der Waals surface area contributed by atoms with Crippen molar-refractivity contribution in [2.24, 2.45) is 5.73 Å². The molecule has 0 saturated carbocycles. The van der Waals surface area contributed by atoms with Crippen molar-refractivity contribution in [1.29, 1.82) is 0 Å². The van der Waals surface area contributed by atoms with E-state index >= 15 is 0 Å². The first-order valence-corrected chi connectivity index (χ1v) is 13.1. The van der Waals surface area contributed by atoms with E-state index < -0.39 is 0 Å². The first-order valence-electron chi connectivity index (χ1n) is 13.1.